The van der Waals surface area contributed by atoms with Gasteiger partial charge in [-0.15, -0.1) is 0 Å². The molecule has 0 aromatic carbocycles. The Balaban J connectivity index is 1.79. The second-order valence-electron chi connectivity index (χ2n) is 7.97. The smallest absolute Gasteiger partial charge is 0.264 e. The molecule has 0 aromatic rings. The fourth-order valence-electron chi connectivity index (χ4n) is 5.68. The molecule has 5 atom stereocenters. The van der Waals surface area contributed by atoms with Crippen molar-refractivity contribution in [3.05, 3.63) is 0 Å². The number of fused-ring (bicyclic) bond motifs is 3. The van der Waals surface area contributed by atoms with E-state index < -0.39 is 10.4 Å². The maximum atomic E-state index is 11.1. The maximum Gasteiger partial charge on any atom is 0.397 e. The molecule has 3 aliphatic rings. The zero-order valence-corrected chi connectivity index (χ0v) is 13.9. The highest BCUT2D eigenvalue weighted by Gasteiger charge is 2.52. The highest BCUT2D eigenvalue weighted by atomic mass is 32.3. The molecule has 4 nitrogen and oxygen atoms in total. The minimum Gasteiger partial charge on any atom is -0.264 e. The number of hydrogen-bond acceptors (Lipinski definition) is 3. The maximum absolute atomic E-state index is 11.1. The molecule has 3 rings (SSSR count). The molecule has 0 heterocycles. The Morgan fingerprint density at radius 2 is 1.67 bits per heavy atom. The fraction of sp³-hybridized carbons (Fsp3) is 1.00. The summed E-state index contributed by atoms with van der Waals surface area (Å²) in [6.07, 6.45) is 9.37. The molecule has 0 spiro atoms. The van der Waals surface area contributed by atoms with Gasteiger partial charge in [-0.2, -0.15) is 8.42 Å². The average molecular weight is 316 g/mol. The predicted molar refractivity (Wildman–Crippen MR) is 81.1 cm³/mol. The van der Waals surface area contributed by atoms with Gasteiger partial charge in [0.25, 0.3) is 0 Å². The summed E-state index contributed by atoms with van der Waals surface area (Å²) >= 11 is 0. The molecule has 122 valence electrons. The van der Waals surface area contributed by atoms with E-state index in [9.17, 15) is 8.42 Å². The second-order valence-corrected chi connectivity index (χ2v) is 9.02. The SMILES string of the molecule is CC1(C)C(OS(=O)(=O)O)CCC2C3CCCCC3CCC21. The van der Waals surface area contributed by atoms with Crippen LogP contribution in [-0.2, 0) is 14.6 Å². The van der Waals surface area contributed by atoms with Crippen LogP contribution in [0.3, 0.4) is 0 Å². The normalized spacial score (nSPS) is 42.9. The van der Waals surface area contributed by atoms with Gasteiger partial charge in [0.05, 0.1) is 6.10 Å². The highest BCUT2D eigenvalue weighted by Crippen LogP contribution is 2.57. The third-order valence-corrected chi connectivity index (χ3v) is 7.14. The standard InChI is InChI=1S/C16H28O4S/c1-16(2)14-9-7-11-5-3-4-6-12(11)13(14)8-10-15(16)20-21(17,18)19/h11-15H,3-10H2,1-2H3,(H,17,18,19). The van der Waals surface area contributed by atoms with Gasteiger partial charge < -0.3 is 0 Å². The number of hydrogen-bond donors (Lipinski definition) is 1. The van der Waals surface area contributed by atoms with E-state index in [1.165, 1.54) is 38.5 Å². The molecule has 21 heavy (non-hydrogen) atoms. The van der Waals surface area contributed by atoms with Gasteiger partial charge in [0.2, 0.25) is 0 Å². The van der Waals surface area contributed by atoms with E-state index in [0.29, 0.717) is 5.92 Å². The summed E-state index contributed by atoms with van der Waals surface area (Å²) in [5.74, 6) is 2.98. The van der Waals surface area contributed by atoms with Gasteiger partial charge >= 0.3 is 10.4 Å². The lowest BCUT2D eigenvalue weighted by Crippen LogP contribution is -2.52. The Kier molecular flexibility index (Phi) is 4.13. The molecule has 1 N–H and O–H groups in total. The van der Waals surface area contributed by atoms with Crippen LogP contribution < -0.4 is 0 Å². The van der Waals surface area contributed by atoms with Crippen LogP contribution in [0.4, 0.5) is 0 Å². The van der Waals surface area contributed by atoms with Crippen molar-refractivity contribution >= 4 is 10.4 Å². The van der Waals surface area contributed by atoms with Crippen molar-refractivity contribution in [3.63, 3.8) is 0 Å². The predicted octanol–water partition coefficient (Wildman–Crippen LogP) is 3.83. The Bertz CT molecular complexity index is 485. The molecule has 0 aliphatic heterocycles. The fourth-order valence-corrected chi connectivity index (χ4v) is 6.31. The van der Waals surface area contributed by atoms with Crippen molar-refractivity contribution in [1.29, 1.82) is 0 Å². The van der Waals surface area contributed by atoms with Crippen LogP contribution in [0.2, 0.25) is 0 Å². The van der Waals surface area contributed by atoms with E-state index in [4.69, 9.17) is 8.74 Å². The molecule has 3 saturated carbocycles. The van der Waals surface area contributed by atoms with E-state index in [1.807, 2.05) is 0 Å². The van der Waals surface area contributed by atoms with Gasteiger partial charge in [0, 0.05) is 0 Å². The summed E-state index contributed by atoms with van der Waals surface area (Å²) < 4.78 is 36.3. The van der Waals surface area contributed by atoms with Crippen LogP contribution in [0.15, 0.2) is 0 Å². The Morgan fingerprint density at radius 1 is 0.952 bits per heavy atom. The van der Waals surface area contributed by atoms with Crippen LogP contribution in [0, 0.1) is 29.1 Å². The largest absolute Gasteiger partial charge is 0.397 e. The van der Waals surface area contributed by atoms with Crippen molar-refractivity contribution in [1.82, 2.24) is 0 Å². The quantitative estimate of drug-likeness (QED) is 0.786. The second kappa shape index (κ2) is 5.50. The summed E-state index contributed by atoms with van der Waals surface area (Å²) in [5, 5.41) is 0. The molecule has 5 heteroatoms. The average Bonchev–Trinajstić information content (AvgIpc) is 2.40. The molecular weight excluding hydrogens is 288 g/mol. The van der Waals surface area contributed by atoms with Crippen LogP contribution >= 0.6 is 0 Å². The molecule has 3 aliphatic carbocycles. The van der Waals surface area contributed by atoms with E-state index >= 15 is 0 Å². The lowest BCUT2D eigenvalue weighted by atomic mass is 9.51. The summed E-state index contributed by atoms with van der Waals surface area (Å²) in [6.45, 7) is 4.26. The lowest BCUT2D eigenvalue weighted by molar-refractivity contribution is -0.0977. The van der Waals surface area contributed by atoms with Gasteiger partial charge in [0.15, 0.2) is 0 Å². The summed E-state index contributed by atoms with van der Waals surface area (Å²) in [4.78, 5) is 0. The first-order valence-corrected chi connectivity index (χ1v) is 9.81. The Hall–Kier alpha value is -0.130. The monoisotopic (exact) mass is 316 g/mol. The molecular formula is C16H28O4S. The van der Waals surface area contributed by atoms with Gasteiger partial charge in [-0.25, -0.2) is 4.18 Å². The van der Waals surface area contributed by atoms with Crippen LogP contribution in [-0.4, -0.2) is 19.1 Å². The first-order valence-electron chi connectivity index (χ1n) is 8.45. The number of rotatable bonds is 2. The summed E-state index contributed by atoms with van der Waals surface area (Å²) in [6, 6.07) is 0. The van der Waals surface area contributed by atoms with E-state index in [2.05, 4.69) is 13.8 Å². The molecule has 0 radical (unpaired) electrons. The van der Waals surface area contributed by atoms with Crippen LogP contribution in [0.5, 0.6) is 0 Å². The lowest BCUT2D eigenvalue weighted by Gasteiger charge is -2.56. The van der Waals surface area contributed by atoms with Crippen molar-refractivity contribution in [2.45, 2.75) is 71.3 Å². The van der Waals surface area contributed by atoms with Gasteiger partial charge in [0.1, 0.15) is 0 Å². The molecule has 0 bridgehead atoms. The van der Waals surface area contributed by atoms with Gasteiger partial charge in [-0.3, -0.25) is 4.55 Å². The molecule has 3 fully saturated rings. The third kappa shape index (κ3) is 3.02. The summed E-state index contributed by atoms with van der Waals surface area (Å²) in [7, 11) is -4.36. The van der Waals surface area contributed by atoms with Crippen molar-refractivity contribution in [2.24, 2.45) is 29.1 Å². The van der Waals surface area contributed by atoms with E-state index in [0.717, 1.165) is 30.6 Å². The van der Waals surface area contributed by atoms with Crippen molar-refractivity contribution in [2.75, 3.05) is 0 Å². The van der Waals surface area contributed by atoms with E-state index in [-0.39, 0.29) is 11.5 Å². The highest BCUT2D eigenvalue weighted by molar-refractivity contribution is 7.80. The Labute approximate surface area is 128 Å². The molecule has 0 aromatic heterocycles. The molecule has 0 saturated heterocycles. The van der Waals surface area contributed by atoms with E-state index in [1.54, 1.807) is 0 Å². The third-order valence-electron chi connectivity index (χ3n) is 6.67. The minimum absolute atomic E-state index is 0.179. The zero-order valence-electron chi connectivity index (χ0n) is 13.1. The topological polar surface area (TPSA) is 63.6 Å². The zero-order chi connectivity index (χ0) is 15.3. The van der Waals surface area contributed by atoms with Gasteiger partial charge in [-0.05, 0) is 61.2 Å². The Morgan fingerprint density at radius 3 is 2.38 bits per heavy atom. The van der Waals surface area contributed by atoms with Crippen molar-refractivity contribution in [3.8, 4) is 0 Å². The minimum atomic E-state index is -4.36. The molecule has 0 amide bonds. The molecule has 5 unspecified atom stereocenters. The van der Waals surface area contributed by atoms with Gasteiger partial charge in [-0.1, -0.05) is 33.1 Å². The van der Waals surface area contributed by atoms with Crippen LogP contribution in [0.25, 0.3) is 0 Å². The summed E-state index contributed by atoms with van der Waals surface area (Å²) in [5.41, 5.74) is -0.179. The van der Waals surface area contributed by atoms with Crippen LogP contribution in [0.1, 0.15) is 65.2 Å². The first kappa shape index (κ1) is 15.8. The van der Waals surface area contributed by atoms with Crippen molar-refractivity contribution < 1.29 is 17.2 Å². The first-order chi connectivity index (χ1) is 9.79.